The molecule has 1 aromatic carbocycles. The highest BCUT2D eigenvalue weighted by Crippen LogP contribution is 2.35. The number of benzene rings is 1. The van der Waals surface area contributed by atoms with E-state index in [1.54, 1.807) is 20.8 Å². The number of carbonyl (C=O) groups excluding carboxylic acids is 1. The fourth-order valence-electron chi connectivity index (χ4n) is 2.55. The van der Waals surface area contributed by atoms with Gasteiger partial charge in [-0.15, -0.1) is 24.0 Å². The number of hydrogen-bond donors (Lipinski definition) is 3. The van der Waals surface area contributed by atoms with Crippen LogP contribution in [0.4, 0.5) is 13.2 Å². The Labute approximate surface area is 192 Å². The van der Waals surface area contributed by atoms with Crippen molar-refractivity contribution in [2.24, 2.45) is 4.99 Å². The molecule has 0 spiro atoms. The number of halogens is 4. The molecule has 1 aliphatic carbocycles. The van der Waals surface area contributed by atoms with E-state index in [4.69, 9.17) is 4.74 Å². The van der Waals surface area contributed by atoms with Crippen molar-refractivity contribution in [2.45, 2.75) is 64.9 Å². The van der Waals surface area contributed by atoms with Crippen molar-refractivity contribution in [3.8, 4) is 5.75 Å². The minimum absolute atomic E-state index is 0. The number of ether oxygens (including phenoxy) is 1. The number of rotatable bonds is 7. The Morgan fingerprint density at radius 1 is 1.20 bits per heavy atom. The molecular formula is C20H30F3IN4O2. The zero-order valence-corrected chi connectivity index (χ0v) is 20.0. The lowest BCUT2D eigenvalue weighted by atomic mass is 10.1. The number of aliphatic imine (C=N–C) groups is 1. The number of hydrogen-bond acceptors (Lipinski definition) is 3. The van der Waals surface area contributed by atoms with E-state index in [9.17, 15) is 18.0 Å². The van der Waals surface area contributed by atoms with Crippen LogP contribution in [0.5, 0.6) is 5.75 Å². The van der Waals surface area contributed by atoms with Crippen molar-refractivity contribution in [3.05, 3.63) is 29.3 Å². The third-order valence-electron chi connectivity index (χ3n) is 3.92. The average Bonchev–Trinajstić information content (AvgIpc) is 3.39. The summed E-state index contributed by atoms with van der Waals surface area (Å²) in [6.45, 7) is 7.48. The quantitative estimate of drug-likeness (QED) is 0.278. The van der Waals surface area contributed by atoms with Crippen LogP contribution in [0, 0.1) is 0 Å². The van der Waals surface area contributed by atoms with Crippen LogP contribution in [0.1, 0.15) is 51.7 Å². The summed E-state index contributed by atoms with van der Waals surface area (Å²) in [6, 6.07) is 4.12. The van der Waals surface area contributed by atoms with Gasteiger partial charge in [0.1, 0.15) is 11.4 Å². The number of nitrogens with one attached hydrogen (secondary N) is 3. The molecular weight excluding hydrogens is 512 g/mol. The van der Waals surface area contributed by atoms with Gasteiger partial charge in [-0.3, -0.25) is 4.79 Å². The Balaban J connectivity index is 0.00000450. The molecule has 1 saturated carbocycles. The van der Waals surface area contributed by atoms with Gasteiger partial charge in [0.25, 0.3) is 0 Å². The Morgan fingerprint density at radius 2 is 1.87 bits per heavy atom. The summed E-state index contributed by atoms with van der Waals surface area (Å²) >= 11 is 0. The Morgan fingerprint density at radius 3 is 2.40 bits per heavy atom. The molecule has 0 aliphatic heterocycles. The number of nitrogens with zero attached hydrogens (tertiary/aromatic N) is 1. The number of alkyl halides is 3. The molecule has 1 amide bonds. The first-order valence-electron chi connectivity index (χ1n) is 9.68. The van der Waals surface area contributed by atoms with Crippen LogP contribution in [-0.2, 0) is 17.5 Å². The van der Waals surface area contributed by atoms with Crippen molar-refractivity contribution in [2.75, 3.05) is 13.1 Å². The maximum absolute atomic E-state index is 13.5. The summed E-state index contributed by atoms with van der Waals surface area (Å²) in [4.78, 5) is 16.0. The van der Waals surface area contributed by atoms with E-state index >= 15 is 0 Å². The van der Waals surface area contributed by atoms with E-state index in [1.807, 2.05) is 6.92 Å². The van der Waals surface area contributed by atoms with Crippen LogP contribution in [-0.4, -0.2) is 36.6 Å². The molecule has 0 unspecified atom stereocenters. The highest BCUT2D eigenvalue weighted by molar-refractivity contribution is 14.0. The summed E-state index contributed by atoms with van der Waals surface area (Å²) in [7, 11) is 0. The maximum Gasteiger partial charge on any atom is 0.416 e. The van der Waals surface area contributed by atoms with Gasteiger partial charge in [0.2, 0.25) is 5.91 Å². The molecule has 0 atom stereocenters. The van der Waals surface area contributed by atoms with E-state index in [2.05, 4.69) is 20.9 Å². The van der Waals surface area contributed by atoms with Gasteiger partial charge in [-0.05, 0) is 58.2 Å². The number of carbonyl (C=O) groups is 1. The van der Waals surface area contributed by atoms with Gasteiger partial charge in [-0.2, -0.15) is 13.2 Å². The van der Waals surface area contributed by atoms with Crippen LogP contribution in [0.3, 0.4) is 0 Å². The average molecular weight is 542 g/mol. The molecule has 2 rings (SSSR count). The first-order valence-corrected chi connectivity index (χ1v) is 9.68. The van der Waals surface area contributed by atoms with Crippen molar-refractivity contribution >= 4 is 35.8 Å². The van der Waals surface area contributed by atoms with E-state index in [1.165, 1.54) is 12.1 Å². The predicted molar refractivity (Wildman–Crippen MR) is 121 cm³/mol. The summed E-state index contributed by atoms with van der Waals surface area (Å²) in [5, 5.41) is 8.61. The SMILES string of the molecule is CCNC(=NCc1ccc(OC(C)(C)C)cc1C(F)(F)F)NCC(=O)NC1CC1.I. The molecule has 0 heterocycles. The number of amides is 1. The van der Waals surface area contributed by atoms with Gasteiger partial charge in [0.05, 0.1) is 18.7 Å². The molecule has 0 saturated heterocycles. The monoisotopic (exact) mass is 542 g/mol. The fraction of sp³-hybridized carbons (Fsp3) is 0.600. The van der Waals surface area contributed by atoms with Gasteiger partial charge in [0, 0.05) is 12.6 Å². The van der Waals surface area contributed by atoms with Crippen LogP contribution in [0.25, 0.3) is 0 Å². The Kier molecular flexibility index (Phi) is 9.70. The Hall–Kier alpha value is -1.72. The van der Waals surface area contributed by atoms with Crippen molar-refractivity contribution in [3.63, 3.8) is 0 Å². The van der Waals surface area contributed by atoms with E-state index in [-0.39, 0.29) is 66.3 Å². The van der Waals surface area contributed by atoms with E-state index < -0.39 is 17.3 Å². The van der Waals surface area contributed by atoms with E-state index in [0.717, 1.165) is 18.9 Å². The standard InChI is InChI=1S/C20H29F3N4O2.HI/c1-5-24-18(26-12-17(28)27-14-7-8-14)25-11-13-6-9-15(29-19(2,3)4)10-16(13)20(21,22)23;/h6,9-10,14H,5,7-8,11-12H2,1-4H3,(H,27,28)(H2,24,25,26);1H. The minimum Gasteiger partial charge on any atom is -0.488 e. The third-order valence-corrected chi connectivity index (χ3v) is 3.92. The molecule has 30 heavy (non-hydrogen) atoms. The summed E-state index contributed by atoms with van der Waals surface area (Å²) in [6.07, 6.45) is -2.57. The molecule has 3 N–H and O–H groups in total. The second-order valence-corrected chi connectivity index (χ2v) is 7.92. The van der Waals surface area contributed by atoms with Gasteiger partial charge in [-0.25, -0.2) is 4.99 Å². The number of guanidine groups is 1. The molecule has 0 aromatic heterocycles. The largest absolute Gasteiger partial charge is 0.488 e. The van der Waals surface area contributed by atoms with Crippen LogP contribution >= 0.6 is 24.0 Å². The Bertz CT molecular complexity index is 745. The third kappa shape index (κ3) is 9.40. The molecule has 0 radical (unpaired) electrons. The summed E-state index contributed by atoms with van der Waals surface area (Å²) in [5.41, 5.74) is -1.37. The van der Waals surface area contributed by atoms with Gasteiger partial charge >= 0.3 is 6.18 Å². The molecule has 10 heteroatoms. The smallest absolute Gasteiger partial charge is 0.416 e. The molecule has 6 nitrogen and oxygen atoms in total. The zero-order chi connectivity index (χ0) is 21.7. The first-order chi connectivity index (χ1) is 13.5. The molecule has 1 fully saturated rings. The topological polar surface area (TPSA) is 74.8 Å². The van der Waals surface area contributed by atoms with Crippen molar-refractivity contribution in [1.29, 1.82) is 0 Å². The second kappa shape index (κ2) is 11.1. The fourth-order valence-corrected chi connectivity index (χ4v) is 2.55. The lowest BCUT2D eigenvalue weighted by Crippen LogP contribution is -2.43. The van der Waals surface area contributed by atoms with Gasteiger partial charge < -0.3 is 20.7 Å². The summed E-state index contributed by atoms with van der Waals surface area (Å²) < 4.78 is 46.1. The minimum atomic E-state index is -4.53. The van der Waals surface area contributed by atoms with Crippen molar-refractivity contribution in [1.82, 2.24) is 16.0 Å². The zero-order valence-electron chi connectivity index (χ0n) is 17.7. The van der Waals surface area contributed by atoms with Gasteiger partial charge in [-0.1, -0.05) is 6.07 Å². The van der Waals surface area contributed by atoms with Crippen LogP contribution in [0.2, 0.25) is 0 Å². The predicted octanol–water partition coefficient (Wildman–Crippen LogP) is 3.83. The first kappa shape index (κ1) is 26.3. The lowest BCUT2D eigenvalue weighted by Gasteiger charge is -2.22. The second-order valence-electron chi connectivity index (χ2n) is 7.92. The normalized spacial score (nSPS) is 14.6. The van der Waals surface area contributed by atoms with Crippen LogP contribution < -0.4 is 20.7 Å². The molecule has 1 aromatic rings. The lowest BCUT2D eigenvalue weighted by molar-refractivity contribution is -0.138. The molecule has 1 aliphatic rings. The van der Waals surface area contributed by atoms with Crippen molar-refractivity contribution < 1.29 is 22.7 Å². The molecule has 0 bridgehead atoms. The van der Waals surface area contributed by atoms with Gasteiger partial charge in [0.15, 0.2) is 5.96 Å². The highest BCUT2D eigenvalue weighted by atomic mass is 127. The van der Waals surface area contributed by atoms with E-state index in [0.29, 0.717) is 6.54 Å². The summed E-state index contributed by atoms with van der Waals surface area (Å²) in [5.74, 6) is 0.263. The molecule has 170 valence electrons. The maximum atomic E-state index is 13.5. The van der Waals surface area contributed by atoms with Crippen LogP contribution in [0.15, 0.2) is 23.2 Å². The highest BCUT2D eigenvalue weighted by Gasteiger charge is 2.34.